The van der Waals surface area contributed by atoms with Crippen LogP contribution in [0.15, 0.2) is 6.07 Å². The van der Waals surface area contributed by atoms with Crippen molar-refractivity contribution in [3.05, 3.63) is 39.4 Å². The third-order valence-electron chi connectivity index (χ3n) is 12.0. The average Bonchev–Trinajstić information content (AvgIpc) is 3.63. The van der Waals surface area contributed by atoms with Crippen LogP contribution in [0.3, 0.4) is 0 Å². The lowest BCUT2D eigenvalue weighted by Crippen LogP contribution is -2.70. The first-order valence-electron chi connectivity index (χ1n) is 18.7. The summed E-state index contributed by atoms with van der Waals surface area (Å²) in [6.45, 7) is 7.77. The Morgan fingerprint density at radius 2 is 1.58 bits per heavy atom. The van der Waals surface area contributed by atoms with E-state index in [2.05, 4.69) is 6.07 Å². The van der Waals surface area contributed by atoms with Gasteiger partial charge in [-0.2, -0.15) is 22.9 Å². The maximum Gasteiger partial charge on any atom is 0.471 e. The molecular weight excluding hydrogens is 783 g/mol. The van der Waals surface area contributed by atoms with Crippen LogP contribution in [0, 0.1) is 25.2 Å². The number of likely N-dealkylation sites (N-methyl/N-ethyl adjacent to an activating group) is 2. The molecule has 59 heavy (non-hydrogen) atoms. The number of imide groups is 2. The van der Waals surface area contributed by atoms with Crippen LogP contribution in [-0.2, 0) is 41.6 Å². The maximum absolute atomic E-state index is 14.6. The van der Waals surface area contributed by atoms with E-state index >= 15 is 0 Å². The van der Waals surface area contributed by atoms with Gasteiger partial charge in [-0.3, -0.25) is 33.9 Å². The summed E-state index contributed by atoms with van der Waals surface area (Å²) in [5, 5.41) is 11.1. The number of carbonyl (C=O) groups excluding carboxylic acids is 6. The molecule has 2 aromatic rings. The Bertz CT molecular complexity index is 2240. The molecule has 2 aromatic carbocycles. The van der Waals surface area contributed by atoms with Gasteiger partial charge in [0.15, 0.2) is 29.0 Å². The van der Waals surface area contributed by atoms with Crippen LogP contribution in [0.1, 0.15) is 80.1 Å². The fourth-order valence-electron chi connectivity index (χ4n) is 9.48. The normalized spacial score (nSPS) is 23.3. The highest BCUT2D eigenvalue weighted by Gasteiger charge is 2.60. The van der Waals surface area contributed by atoms with Crippen LogP contribution in [0.25, 0.3) is 0 Å². The molecule has 4 heterocycles. The second-order valence-electron chi connectivity index (χ2n) is 15.5. The number of ether oxygens (including phenoxy) is 5. The first-order chi connectivity index (χ1) is 27.5. The number of rotatable bonds is 7. The van der Waals surface area contributed by atoms with Gasteiger partial charge in [0.05, 0.1) is 39.2 Å². The van der Waals surface area contributed by atoms with E-state index in [1.54, 1.807) is 13.8 Å². The Balaban J connectivity index is 1.65. The molecule has 7 atom stereocenters. The highest BCUT2D eigenvalue weighted by atomic mass is 19.4. The van der Waals surface area contributed by atoms with Crippen molar-refractivity contribution in [1.82, 2.24) is 14.7 Å². The zero-order valence-corrected chi connectivity index (χ0v) is 34.2. The molecule has 316 valence electrons. The summed E-state index contributed by atoms with van der Waals surface area (Å²) >= 11 is 0. The minimum absolute atomic E-state index is 0.0628. The van der Waals surface area contributed by atoms with Crippen molar-refractivity contribution < 1.29 is 70.1 Å². The van der Waals surface area contributed by atoms with E-state index in [9.17, 15) is 47.2 Å². The van der Waals surface area contributed by atoms with Crippen molar-refractivity contribution in [3.63, 3.8) is 0 Å². The number of carbonyl (C=O) groups is 6. The number of hydrogen-bond acceptors (Lipinski definition) is 14. The standard InChI is InChI=1S/C40H45F3N5O11/c1-17-11-24-12-26-28(14-44)47-27(32(45(26)8)30(24)37(33(17)55-10)59-23(7)52)13-25-31(36-35(56-16-57-36)18(2)34(25)58-22(6)51)29(47)15-48(9,21(5)50)38(53)19(3)46(20(4)49)39(54)40(41,42)43/h11,19,26-29,32H,12-13,15-16H2,1-10H3/q+1/t19-,26+,27?,28-,29-,32-,48?/m0/s1. The van der Waals surface area contributed by atoms with Crippen LogP contribution in [0.2, 0.25) is 0 Å². The van der Waals surface area contributed by atoms with Crippen LogP contribution in [-0.4, -0.2) is 120 Å². The molecule has 0 aliphatic carbocycles. The summed E-state index contributed by atoms with van der Waals surface area (Å²) in [5.74, 6) is -6.40. The molecule has 0 spiro atoms. The number of halogens is 3. The van der Waals surface area contributed by atoms with E-state index in [1.165, 1.54) is 28.0 Å². The Labute approximate surface area is 337 Å². The first-order valence-corrected chi connectivity index (χ1v) is 18.7. The third kappa shape index (κ3) is 6.86. The third-order valence-corrected chi connectivity index (χ3v) is 12.0. The van der Waals surface area contributed by atoms with Crippen LogP contribution in [0.4, 0.5) is 13.2 Å². The number of nitriles is 1. The molecule has 0 aromatic heterocycles. The number of benzene rings is 2. The van der Waals surface area contributed by atoms with Gasteiger partial charge >= 0.3 is 35.8 Å². The lowest BCUT2D eigenvalue weighted by Gasteiger charge is -2.60. The fraction of sp³-hybridized carbons (Fsp3) is 0.525. The van der Waals surface area contributed by atoms with E-state index in [0.717, 1.165) is 19.4 Å². The fourth-order valence-corrected chi connectivity index (χ4v) is 9.48. The van der Waals surface area contributed by atoms with Crippen LogP contribution < -0.4 is 23.7 Å². The van der Waals surface area contributed by atoms with Crippen LogP contribution in [0.5, 0.6) is 28.7 Å². The number of amides is 4. The van der Waals surface area contributed by atoms with Gasteiger partial charge in [-0.05, 0) is 51.8 Å². The maximum atomic E-state index is 14.6. The van der Waals surface area contributed by atoms with Gasteiger partial charge in [0.2, 0.25) is 12.7 Å². The summed E-state index contributed by atoms with van der Waals surface area (Å²) < 4.78 is 69.5. The lowest BCUT2D eigenvalue weighted by atomic mass is 9.71. The van der Waals surface area contributed by atoms with E-state index in [0.29, 0.717) is 40.5 Å². The largest absolute Gasteiger partial charge is 0.493 e. The smallest absolute Gasteiger partial charge is 0.471 e. The highest BCUT2D eigenvalue weighted by molar-refractivity contribution is 6.01. The number of piperazine rings is 1. The van der Waals surface area contributed by atoms with Gasteiger partial charge in [-0.1, -0.05) is 6.07 Å². The number of alkyl halides is 3. The first kappa shape index (κ1) is 43.0. The predicted molar refractivity (Wildman–Crippen MR) is 197 cm³/mol. The summed E-state index contributed by atoms with van der Waals surface area (Å²) in [4.78, 5) is 82.6. The second-order valence-corrected chi connectivity index (χ2v) is 15.5. The van der Waals surface area contributed by atoms with Crippen molar-refractivity contribution in [2.24, 2.45) is 0 Å². The number of hydrogen-bond donors (Lipinski definition) is 0. The van der Waals surface area contributed by atoms with E-state index < -0.39 is 89.0 Å². The van der Waals surface area contributed by atoms with Crippen molar-refractivity contribution in [1.29, 1.82) is 5.26 Å². The molecule has 1 saturated heterocycles. The molecule has 19 heteroatoms. The molecule has 2 bridgehead atoms. The molecule has 6 rings (SSSR count). The lowest BCUT2D eigenvalue weighted by molar-refractivity contribution is -0.762. The minimum atomic E-state index is -5.53. The van der Waals surface area contributed by atoms with Crippen LogP contribution >= 0.6 is 0 Å². The zero-order valence-electron chi connectivity index (χ0n) is 34.2. The SMILES string of the molecule is COc1c(C)cc2c(c1OC(C)=O)[C@@H]1C3Cc4c(OC(C)=O)c(C)c5c(c4[C@H](C[N+](C)(C(C)=O)C(=O)[C@H](C)N(C(C)=O)C(=O)C(F)(F)F)N3[C@@H](C#N)[C@@H](C2)N1C)OCO5. The summed E-state index contributed by atoms with van der Waals surface area (Å²) in [5.41, 5.74) is 3.15. The van der Waals surface area contributed by atoms with E-state index in [1.807, 2.05) is 22.9 Å². The zero-order chi connectivity index (χ0) is 43.8. The van der Waals surface area contributed by atoms with Gasteiger partial charge in [0.25, 0.3) is 0 Å². The number of fused-ring (bicyclic) bond motifs is 9. The van der Waals surface area contributed by atoms with E-state index in [4.69, 9.17) is 23.7 Å². The molecule has 0 saturated carbocycles. The topological polar surface area (TPSA) is 182 Å². The van der Waals surface area contributed by atoms with Gasteiger partial charge in [-0.25, -0.2) is 9.59 Å². The number of methoxy groups -OCH3 is 1. The number of quaternary nitrogens is 1. The highest BCUT2D eigenvalue weighted by Crippen LogP contribution is 2.59. The predicted octanol–water partition coefficient (Wildman–Crippen LogP) is 3.51. The Morgan fingerprint density at radius 3 is 2.12 bits per heavy atom. The molecule has 4 aliphatic heterocycles. The molecule has 16 nitrogen and oxygen atoms in total. The van der Waals surface area contributed by atoms with Gasteiger partial charge in [-0.15, -0.1) is 0 Å². The molecule has 4 aliphatic rings. The number of nitrogens with zero attached hydrogens (tertiary/aromatic N) is 5. The van der Waals surface area contributed by atoms with Crippen molar-refractivity contribution in [2.75, 3.05) is 34.5 Å². The van der Waals surface area contributed by atoms with Gasteiger partial charge in [0, 0.05) is 55.1 Å². The summed E-state index contributed by atoms with van der Waals surface area (Å²) in [6.07, 6.45) is -5.19. The summed E-state index contributed by atoms with van der Waals surface area (Å²) in [6, 6.07) is -1.92. The quantitative estimate of drug-likeness (QED) is 0.225. The molecule has 4 amide bonds. The van der Waals surface area contributed by atoms with Crippen molar-refractivity contribution >= 4 is 35.6 Å². The Hall–Kier alpha value is -5.58. The number of aryl methyl sites for hydroxylation is 1. The van der Waals surface area contributed by atoms with Crippen molar-refractivity contribution in [2.45, 2.75) is 104 Å². The average molecular weight is 829 g/mol. The molecule has 0 N–H and O–H groups in total. The van der Waals surface area contributed by atoms with Gasteiger partial charge in [0.1, 0.15) is 18.3 Å². The van der Waals surface area contributed by atoms with E-state index in [-0.39, 0.29) is 47.5 Å². The van der Waals surface area contributed by atoms with Crippen molar-refractivity contribution in [3.8, 4) is 34.8 Å². The molecule has 1 fully saturated rings. The molecule has 2 unspecified atom stereocenters. The molecule has 0 radical (unpaired) electrons. The second kappa shape index (κ2) is 15.2. The Kier molecular flexibility index (Phi) is 11.1. The minimum Gasteiger partial charge on any atom is -0.493 e. The number of esters is 2. The monoisotopic (exact) mass is 828 g/mol. The molecular formula is C40H45F3N5O11+. The Morgan fingerprint density at radius 1 is 0.966 bits per heavy atom. The van der Waals surface area contributed by atoms with Gasteiger partial charge < -0.3 is 23.7 Å². The summed E-state index contributed by atoms with van der Waals surface area (Å²) in [7, 11) is 4.43.